The van der Waals surface area contributed by atoms with Crippen LogP contribution in [-0.2, 0) is 4.79 Å². The second-order valence-electron chi connectivity index (χ2n) is 9.37. The van der Waals surface area contributed by atoms with Gasteiger partial charge in [-0.05, 0) is 73.5 Å². The highest BCUT2D eigenvalue weighted by Crippen LogP contribution is 2.56. The van der Waals surface area contributed by atoms with Crippen LogP contribution in [0.25, 0.3) is 0 Å². The van der Waals surface area contributed by atoms with Gasteiger partial charge in [0.05, 0.1) is 18.9 Å². The molecule has 3 rings (SSSR count). The van der Waals surface area contributed by atoms with Crippen LogP contribution in [0.1, 0.15) is 77.2 Å². The lowest BCUT2D eigenvalue weighted by atomic mass is 9.53. The maximum atomic E-state index is 11.1. The molecule has 0 bridgehead atoms. The van der Waals surface area contributed by atoms with Gasteiger partial charge in [-0.25, -0.2) is 0 Å². The van der Waals surface area contributed by atoms with E-state index in [-0.39, 0.29) is 12.3 Å². The number of hydrogen-bond acceptors (Lipinski definition) is 2. The summed E-state index contributed by atoms with van der Waals surface area (Å²) in [6.07, 6.45) is 12.4. The molecule has 156 valence electrons. The Morgan fingerprint density at radius 3 is 2.69 bits per heavy atom. The van der Waals surface area contributed by atoms with Gasteiger partial charge in [-0.3, -0.25) is 4.79 Å². The summed E-state index contributed by atoms with van der Waals surface area (Å²) in [4.78, 5) is 11.1. The maximum Gasteiger partial charge on any atom is 0.304 e. The van der Waals surface area contributed by atoms with Gasteiger partial charge in [0.15, 0.2) is 0 Å². The molecule has 0 saturated heterocycles. The van der Waals surface area contributed by atoms with E-state index in [1.807, 2.05) is 24.3 Å². The van der Waals surface area contributed by atoms with Crippen molar-refractivity contribution >= 4 is 5.97 Å². The maximum absolute atomic E-state index is 11.1. The van der Waals surface area contributed by atoms with E-state index < -0.39 is 5.97 Å². The van der Waals surface area contributed by atoms with Gasteiger partial charge >= 0.3 is 5.97 Å². The van der Waals surface area contributed by atoms with Crippen molar-refractivity contribution in [1.82, 2.24) is 0 Å². The van der Waals surface area contributed by atoms with Gasteiger partial charge in [0.1, 0.15) is 5.75 Å². The number of ether oxygens (including phenoxy) is 1. The van der Waals surface area contributed by atoms with Crippen molar-refractivity contribution in [3.63, 3.8) is 0 Å². The number of rotatable bonds is 6. The van der Waals surface area contributed by atoms with Gasteiger partial charge in [0.2, 0.25) is 0 Å². The fraction of sp³-hybridized carbons (Fsp3) is 0.577. The molecule has 29 heavy (non-hydrogen) atoms. The topological polar surface area (TPSA) is 46.5 Å². The highest BCUT2D eigenvalue weighted by molar-refractivity contribution is 5.69. The van der Waals surface area contributed by atoms with Gasteiger partial charge in [-0.1, -0.05) is 50.5 Å². The van der Waals surface area contributed by atoms with Crippen LogP contribution in [0.3, 0.4) is 0 Å². The molecule has 1 fully saturated rings. The molecule has 3 atom stereocenters. The molecule has 2 unspecified atom stereocenters. The van der Waals surface area contributed by atoms with Crippen molar-refractivity contribution < 1.29 is 14.6 Å². The lowest BCUT2D eigenvalue weighted by Gasteiger charge is -2.51. The number of carboxylic acid groups (broad SMARTS) is 1. The van der Waals surface area contributed by atoms with E-state index >= 15 is 0 Å². The van der Waals surface area contributed by atoms with Crippen LogP contribution >= 0.6 is 0 Å². The zero-order valence-electron chi connectivity index (χ0n) is 18.0. The van der Waals surface area contributed by atoms with Crippen molar-refractivity contribution in [2.75, 3.05) is 6.61 Å². The highest BCUT2D eigenvalue weighted by atomic mass is 16.5. The number of allylic oxidation sites excluding steroid dienone is 2. The zero-order valence-corrected chi connectivity index (χ0v) is 18.0. The Morgan fingerprint density at radius 1 is 1.28 bits per heavy atom. The van der Waals surface area contributed by atoms with Crippen LogP contribution in [0.15, 0.2) is 36.4 Å². The SMILES string of the molecule is CC#C[C@@H](CC(=O)O)c1ccc(OCC2CCCC3(C=CCCC3(C)C)C2)cc1. The summed E-state index contributed by atoms with van der Waals surface area (Å²) in [7, 11) is 0. The predicted octanol–water partition coefficient (Wildman–Crippen LogP) is 6.20. The predicted molar refractivity (Wildman–Crippen MR) is 117 cm³/mol. The number of benzene rings is 1. The van der Waals surface area contributed by atoms with E-state index in [2.05, 4.69) is 37.8 Å². The molecule has 1 N–H and O–H groups in total. The third-order valence-electron chi connectivity index (χ3n) is 7.07. The minimum atomic E-state index is -0.830. The third kappa shape index (κ3) is 5.04. The lowest BCUT2D eigenvalue weighted by molar-refractivity contribution is -0.137. The standard InChI is InChI=1S/C26H34O3/c1-4-8-22(17-24(27)28)21-10-12-23(13-11-21)29-19-20-9-7-16-26(18-20)15-6-5-14-25(26,2)3/h6,10-13,15,20,22H,5,7,9,14,16-19H2,1-3H3,(H,27,28)/t20?,22-,26?/m0/s1. The van der Waals surface area contributed by atoms with E-state index in [0.717, 1.165) is 17.9 Å². The van der Waals surface area contributed by atoms with E-state index in [1.165, 1.54) is 38.5 Å². The number of hydrogen-bond donors (Lipinski definition) is 1. The largest absolute Gasteiger partial charge is 0.493 e. The Kier molecular flexibility index (Phi) is 6.73. The van der Waals surface area contributed by atoms with Crippen LogP contribution in [0.5, 0.6) is 5.75 Å². The second kappa shape index (κ2) is 9.08. The summed E-state index contributed by atoms with van der Waals surface area (Å²) in [6.45, 7) is 7.36. The zero-order chi connectivity index (χ0) is 20.9. The number of carbonyl (C=O) groups is 1. The van der Waals surface area contributed by atoms with E-state index in [9.17, 15) is 4.79 Å². The summed E-state index contributed by atoms with van der Waals surface area (Å²) >= 11 is 0. The summed E-state index contributed by atoms with van der Waals surface area (Å²) < 4.78 is 6.15. The van der Waals surface area contributed by atoms with Gasteiger partial charge in [0.25, 0.3) is 0 Å². The van der Waals surface area contributed by atoms with Crippen molar-refractivity contribution in [3.8, 4) is 17.6 Å². The van der Waals surface area contributed by atoms with E-state index in [0.29, 0.717) is 16.7 Å². The Morgan fingerprint density at radius 2 is 2.03 bits per heavy atom. The Hall–Kier alpha value is -2.21. The van der Waals surface area contributed by atoms with Crippen molar-refractivity contribution in [2.24, 2.45) is 16.7 Å². The first-order valence-electron chi connectivity index (χ1n) is 10.9. The molecule has 1 spiro atoms. The molecule has 3 nitrogen and oxygen atoms in total. The number of aliphatic carboxylic acids is 1. The molecule has 0 radical (unpaired) electrons. The Bertz CT molecular complexity index is 793. The van der Waals surface area contributed by atoms with Gasteiger partial charge in [-0.2, -0.15) is 0 Å². The Labute approximate surface area is 175 Å². The fourth-order valence-electron chi connectivity index (χ4n) is 5.17. The third-order valence-corrected chi connectivity index (χ3v) is 7.07. The first-order valence-corrected chi connectivity index (χ1v) is 10.9. The van der Waals surface area contributed by atoms with Crippen molar-refractivity contribution in [2.45, 2.75) is 71.6 Å². The average molecular weight is 395 g/mol. The van der Waals surface area contributed by atoms with Crippen molar-refractivity contribution in [3.05, 3.63) is 42.0 Å². The molecule has 0 aliphatic heterocycles. The summed E-state index contributed by atoms with van der Waals surface area (Å²) in [5, 5.41) is 9.10. The second-order valence-corrected chi connectivity index (χ2v) is 9.37. The van der Waals surface area contributed by atoms with Crippen LogP contribution in [0, 0.1) is 28.6 Å². The van der Waals surface area contributed by atoms with Crippen LogP contribution in [0.4, 0.5) is 0 Å². The molecule has 1 saturated carbocycles. The molecule has 2 aliphatic carbocycles. The van der Waals surface area contributed by atoms with E-state index in [1.54, 1.807) is 6.92 Å². The molecule has 0 amide bonds. The minimum absolute atomic E-state index is 0.0223. The molecule has 1 aromatic rings. The molecule has 3 heteroatoms. The molecular formula is C26H34O3. The van der Waals surface area contributed by atoms with Crippen molar-refractivity contribution in [1.29, 1.82) is 0 Å². The molecule has 0 heterocycles. The normalized spacial score (nSPS) is 26.4. The lowest BCUT2D eigenvalue weighted by Crippen LogP contribution is -2.42. The Balaban J connectivity index is 1.61. The summed E-state index contributed by atoms with van der Waals surface area (Å²) in [5.41, 5.74) is 1.62. The smallest absolute Gasteiger partial charge is 0.304 e. The first kappa shape index (κ1) is 21.5. The summed E-state index contributed by atoms with van der Waals surface area (Å²) in [6, 6.07) is 7.79. The van der Waals surface area contributed by atoms with Gasteiger partial charge in [0, 0.05) is 0 Å². The van der Waals surface area contributed by atoms with Crippen LogP contribution < -0.4 is 4.74 Å². The molecular weight excluding hydrogens is 360 g/mol. The first-order chi connectivity index (χ1) is 13.9. The quantitative estimate of drug-likeness (QED) is 0.461. The number of carboxylic acids is 1. The molecule has 2 aliphatic rings. The van der Waals surface area contributed by atoms with Gasteiger partial charge < -0.3 is 9.84 Å². The molecule has 1 aromatic carbocycles. The highest BCUT2D eigenvalue weighted by Gasteiger charge is 2.46. The van der Waals surface area contributed by atoms with Crippen LogP contribution in [0.2, 0.25) is 0 Å². The molecule has 0 aromatic heterocycles. The van der Waals surface area contributed by atoms with E-state index in [4.69, 9.17) is 9.84 Å². The van der Waals surface area contributed by atoms with Crippen LogP contribution in [-0.4, -0.2) is 17.7 Å². The fourth-order valence-corrected chi connectivity index (χ4v) is 5.17. The minimum Gasteiger partial charge on any atom is -0.493 e. The van der Waals surface area contributed by atoms with Gasteiger partial charge in [-0.15, -0.1) is 5.92 Å². The average Bonchev–Trinajstić information content (AvgIpc) is 2.69. The monoisotopic (exact) mass is 394 g/mol. The summed E-state index contributed by atoms with van der Waals surface area (Å²) in [5.74, 6) is 6.16.